The van der Waals surface area contributed by atoms with Crippen LogP contribution in [0.25, 0.3) is 0 Å². The van der Waals surface area contributed by atoms with Crippen LogP contribution in [0.2, 0.25) is 15.1 Å². The highest BCUT2D eigenvalue weighted by atomic mass is 35.5. The van der Waals surface area contributed by atoms with Crippen molar-refractivity contribution >= 4 is 68.2 Å². The van der Waals surface area contributed by atoms with Gasteiger partial charge in [0.05, 0.1) is 22.0 Å². The lowest BCUT2D eigenvalue weighted by atomic mass is 10.2. The first kappa shape index (κ1) is 24.2. The minimum Gasteiger partial charge on any atom is -0.354 e. The Bertz CT molecular complexity index is 938. The van der Waals surface area contributed by atoms with E-state index in [0.717, 1.165) is 28.5 Å². The van der Waals surface area contributed by atoms with E-state index in [9.17, 15) is 13.2 Å². The molecule has 5 nitrogen and oxygen atoms in total. The van der Waals surface area contributed by atoms with Crippen LogP contribution in [0, 0.1) is 0 Å². The average molecular weight is 496 g/mol. The molecule has 10 heteroatoms. The summed E-state index contributed by atoms with van der Waals surface area (Å²) in [7, 11) is -3.66. The third-order valence-electron chi connectivity index (χ3n) is 3.85. The van der Waals surface area contributed by atoms with Crippen molar-refractivity contribution in [3.8, 4) is 0 Å². The van der Waals surface area contributed by atoms with Gasteiger partial charge in [-0.2, -0.15) is 11.8 Å². The first-order valence-corrected chi connectivity index (χ1v) is 12.8. The SMILES string of the molecule is CS(=O)(=O)N(CC(=O)NCCCSCc1ccc(Cl)cc1)c1ccc(Cl)c(Cl)c1. The molecule has 0 spiro atoms. The summed E-state index contributed by atoms with van der Waals surface area (Å²) >= 11 is 19.5. The van der Waals surface area contributed by atoms with Gasteiger partial charge in [-0.05, 0) is 48.1 Å². The quantitative estimate of drug-likeness (QED) is 0.478. The van der Waals surface area contributed by atoms with Gasteiger partial charge in [0.1, 0.15) is 6.54 Å². The molecule has 0 unspecified atom stereocenters. The van der Waals surface area contributed by atoms with Gasteiger partial charge in [-0.3, -0.25) is 9.10 Å². The molecule has 0 saturated heterocycles. The zero-order valence-electron chi connectivity index (χ0n) is 15.7. The molecule has 0 aliphatic heterocycles. The Morgan fingerprint density at radius 2 is 1.76 bits per heavy atom. The second-order valence-electron chi connectivity index (χ2n) is 6.25. The van der Waals surface area contributed by atoms with Gasteiger partial charge in [0.25, 0.3) is 0 Å². The Morgan fingerprint density at radius 3 is 2.38 bits per heavy atom. The molecule has 0 saturated carbocycles. The summed E-state index contributed by atoms with van der Waals surface area (Å²) < 4.78 is 25.2. The van der Waals surface area contributed by atoms with E-state index in [2.05, 4.69) is 5.32 Å². The van der Waals surface area contributed by atoms with Crippen LogP contribution < -0.4 is 9.62 Å². The number of hydrogen-bond donors (Lipinski definition) is 1. The number of carbonyl (C=O) groups is 1. The molecular formula is C19H21Cl3N2O3S2. The van der Waals surface area contributed by atoms with E-state index in [-0.39, 0.29) is 23.2 Å². The van der Waals surface area contributed by atoms with Gasteiger partial charge in [0.2, 0.25) is 15.9 Å². The fraction of sp³-hybridized carbons (Fsp3) is 0.316. The van der Waals surface area contributed by atoms with Gasteiger partial charge in [0, 0.05) is 17.3 Å². The number of nitrogens with one attached hydrogen (secondary N) is 1. The van der Waals surface area contributed by atoms with Crippen molar-refractivity contribution in [1.29, 1.82) is 0 Å². The number of sulfonamides is 1. The molecule has 1 N–H and O–H groups in total. The first-order chi connectivity index (χ1) is 13.7. The fourth-order valence-electron chi connectivity index (χ4n) is 2.40. The second kappa shape index (κ2) is 11.3. The Kier molecular flexibility index (Phi) is 9.43. The molecule has 0 radical (unpaired) electrons. The summed E-state index contributed by atoms with van der Waals surface area (Å²) in [5.74, 6) is 1.35. The van der Waals surface area contributed by atoms with Crippen LogP contribution in [-0.2, 0) is 20.6 Å². The summed E-state index contributed by atoms with van der Waals surface area (Å²) in [5, 5.41) is 3.99. The molecule has 1 amide bonds. The van der Waals surface area contributed by atoms with Crippen molar-refractivity contribution in [3.05, 3.63) is 63.1 Å². The van der Waals surface area contributed by atoms with Crippen LogP contribution in [0.5, 0.6) is 0 Å². The van der Waals surface area contributed by atoms with Crippen molar-refractivity contribution in [2.45, 2.75) is 12.2 Å². The molecule has 0 atom stereocenters. The standard InChI is InChI=1S/C19H21Cl3N2O3S2/c1-29(26,27)24(16-7-8-17(21)18(22)11-16)12-19(25)23-9-2-10-28-13-14-3-5-15(20)6-4-14/h3-8,11H,2,9-10,12-13H2,1H3,(H,23,25). The molecule has 29 heavy (non-hydrogen) atoms. The number of carbonyl (C=O) groups excluding carboxylic acids is 1. The highest BCUT2D eigenvalue weighted by Gasteiger charge is 2.21. The van der Waals surface area contributed by atoms with Crippen LogP contribution in [-0.4, -0.2) is 39.4 Å². The zero-order chi connectivity index (χ0) is 21.4. The fourth-order valence-corrected chi connectivity index (χ4v) is 4.59. The third-order valence-corrected chi connectivity index (χ3v) is 7.09. The van der Waals surface area contributed by atoms with Crippen molar-refractivity contribution in [3.63, 3.8) is 0 Å². The highest BCUT2D eigenvalue weighted by molar-refractivity contribution is 7.98. The summed E-state index contributed by atoms with van der Waals surface area (Å²) in [6.45, 7) is 0.139. The van der Waals surface area contributed by atoms with Crippen molar-refractivity contribution in [2.75, 3.05) is 29.4 Å². The van der Waals surface area contributed by atoms with Gasteiger partial charge in [-0.1, -0.05) is 46.9 Å². The number of thioether (sulfide) groups is 1. The van der Waals surface area contributed by atoms with E-state index in [1.54, 1.807) is 11.8 Å². The number of hydrogen-bond acceptors (Lipinski definition) is 4. The predicted octanol–water partition coefficient (Wildman–Crippen LogP) is 4.85. The number of benzene rings is 2. The third kappa shape index (κ3) is 8.26. The summed E-state index contributed by atoms with van der Waals surface area (Å²) in [6.07, 6.45) is 1.81. The number of nitrogens with zero attached hydrogens (tertiary/aromatic N) is 1. The zero-order valence-corrected chi connectivity index (χ0v) is 19.6. The number of anilines is 1. The van der Waals surface area contributed by atoms with Gasteiger partial charge in [-0.15, -0.1) is 0 Å². The maximum atomic E-state index is 12.2. The van der Waals surface area contributed by atoms with E-state index >= 15 is 0 Å². The molecule has 2 aromatic rings. The van der Waals surface area contributed by atoms with E-state index in [1.807, 2.05) is 24.3 Å². The first-order valence-electron chi connectivity index (χ1n) is 8.68. The highest BCUT2D eigenvalue weighted by Crippen LogP contribution is 2.28. The Hall–Kier alpha value is -1.12. The molecule has 0 heterocycles. The van der Waals surface area contributed by atoms with E-state index in [4.69, 9.17) is 34.8 Å². The lowest BCUT2D eigenvalue weighted by Gasteiger charge is -2.22. The van der Waals surface area contributed by atoms with Crippen LogP contribution >= 0.6 is 46.6 Å². The normalized spacial score (nSPS) is 11.3. The van der Waals surface area contributed by atoms with E-state index in [0.29, 0.717) is 16.6 Å². The molecule has 2 aromatic carbocycles. The minimum atomic E-state index is -3.66. The molecule has 0 aliphatic carbocycles. The summed E-state index contributed by atoms with van der Waals surface area (Å²) in [6, 6.07) is 12.1. The topological polar surface area (TPSA) is 66.5 Å². The largest absolute Gasteiger partial charge is 0.354 e. The maximum absolute atomic E-state index is 12.2. The Balaban J connectivity index is 1.78. The van der Waals surface area contributed by atoms with Gasteiger partial charge in [0.15, 0.2) is 0 Å². The van der Waals surface area contributed by atoms with Crippen LogP contribution in [0.4, 0.5) is 5.69 Å². The van der Waals surface area contributed by atoms with Gasteiger partial charge < -0.3 is 5.32 Å². The summed E-state index contributed by atoms with van der Waals surface area (Å²) in [5.41, 5.74) is 1.48. The molecule has 158 valence electrons. The van der Waals surface area contributed by atoms with Crippen LogP contribution in [0.3, 0.4) is 0 Å². The maximum Gasteiger partial charge on any atom is 0.240 e. The Morgan fingerprint density at radius 1 is 1.07 bits per heavy atom. The monoisotopic (exact) mass is 494 g/mol. The van der Waals surface area contributed by atoms with Crippen molar-refractivity contribution in [1.82, 2.24) is 5.32 Å². The second-order valence-corrected chi connectivity index (χ2v) is 10.5. The Labute approximate surface area is 190 Å². The van der Waals surface area contributed by atoms with E-state index < -0.39 is 10.0 Å². The molecule has 0 aromatic heterocycles. The molecular weight excluding hydrogens is 475 g/mol. The number of halogens is 3. The van der Waals surface area contributed by atoms with Gasteiger partial charge in [-0.25, -0.2) is 8.42 Å². The lowest BCUT2D eigenvalue weighted by Crippen LogP contribution is -2.40. The van der Waals surface area contributed by atoms with Crippen LogP contribution in [0.15, 0.2) is 42.5 Å². The molecule has 0 fully saturated rings. The number of rotatable bonds is 10. The molecule has 0 aliphatic rings. The summed E-state index contributed by atoms with van der Waals surface area (Å²) in [4.78, 5) is 12.2. The molecule has 2 rings (SSSR count). The minimum absolute atomic E-state index is 0.218. The van der Waals surface area contributed by atoms with Gasteiger partial charge >= 0.3 is 0 Å². The predicted molar refractivity (Wildman–Crippen MR) is 124 cm³/mol. The van der Waals surface area contributed by atoms with Crippen LogP contribution in [0.1, 0.15) is 12.0 Å². The average Bonchev–Trinajstić information content (AvgIpc) is 2.65. The number of amides is 1. The van der Waals surface area contributed by atoms with Crippen molar-refractivity contribution in [2.24, 2.45) is 0 Å². The molecule has 0 bridgehead atoms. The smallest absolute Gasteiger partial charge is 0.240 e. The lowest BCUT2D eigenvalue weighted by molar-refractivity contribution is -0.119. The van der Waals surface area contributed by atoms with E-state index in [1.165, 1.54) is 23.8 Å². The van der Waals surface area contributed by atoms with Crippen molar-refractivity contribution < 1.29 is 13.2 Å².